The molecule has 0 bridgehead atoms. The first kappa shape index (κ1) is 18.9. The van der Waals surface area contributed by atoms with Crippen molar-refractivity contribution in [1.29, 1.82) is 0 Å². The molecule has 4 nitrogen and oxygen atoms in total. The second kappa shape index (κ2) is 7.80. The summed E-state index contributed by atoms with van der Waals surface area (Å²) in [6, 6.07) is 14.6. The maximum absolute atomic E-state index is 13.1. The topological polar surface area (TPSA) is 54.5 Å². The molecule has 1 amide bonds. The Morgan fingerprint density at radius 2 is 1.77 bits per heavy atom. The predicted molar refractivity (Wildman–Crippen MR) is 104 cm³/mol. The van der Waals surface area contributed by atoms with E-state index in [1.54, 1.807) is 29.2 Å². The SMILES string of the molecule is CCc1ccc(CN(C(=O)c2ccccc2Cl)C2CCS(=O)(=O)C2)cc1. The Morgan fingerprint density at radius 3 is 2.35 bits per heavy atom. The Balaban J connectivity index is 1.91. The predicted octanol–water partition coefficient (Wildman–Crippen LogP) is 3.73. The first-order valence-corrected chi connectivity index (χ1v) is 10.9. The van der Waals surface area contributed by atoms with Gasteiger partial charge in [-0.3, -0.25) is 4.79 Å². The van der Waals surface area contributed by atoms with Crippen LogP contribution < -0.4 is 0 Å². The Labute approximate surface area is 159 Å². The van der Waals surface area contributed by atoms with E-state index in [4.69, 9.17) is 11.6 Å². The number of benzene rings is 2. The minimum absolute atomic E-state index is 0.0102. The standard InChI is InChI=1S/C20H22ClNO3S/c1-2-15-7-9-16(10-8-15)13-22(17-11-12-26(24,25)14-17)20(23)18-5-3-4-6-19(18)21/h3-10,17H,2,11-14H2,1H3. The van der Waals surface area contributed by atoms with Gasteiger partial charge in [0.25, 0.3) is 5.91 Å². The molecule has 26 heavy (non-hydrogen) atoms. The molecule has 138 valence electrons. The lowest BCUT2D eigenvalue weighted by Gasteiger charge is -2.29. The molecule has 0 spiro atoms. The average Bonchev–Trinajstić information content (AvgIpc) is 2.99. The summed E-state index contributed by atoms with van der Waals surface area (Å²) in [6.45, 7) is 2.46. The van der Waals surface area contributed by atoms with Crippen molar-refractivity contribution in [3.63, 3.8) is 0 Å². The van der Waals surface area contributed by atoms with Gasteiger partial charge >= 0.3 is 0 Å². The summed E-state index contributed by atoms with van der Waals surface area (Å²) in [5, 5.41) is 0.379. The van der Waals surface area contributed by atoms with Crippen molar-refractivity contribution in [1.82, 2.24) is 4.90 Å². The third-order valence-corrected chi connectivity index (χ3v) is 6.88. The molecular weight excluding hydrogens is 370 g/mol. The molecule has 3 rings (SSSR count). The van der Waals surface area contributed by atoms with E-state index in [1.807, 2.05) is 24.3 Å². The van der Waals surface area contributed by atoms with Crippen LogP contribution in [0.2, 0.25) is 5.02 Å². The van der Waals surface area contributed by atoms with Crippen LogP contribution >= 0.6 is 11.6 Å². The second-order valence-corrected chi connectivity index (χ2v) is 9.28. The number of amides is 1. The fourth-order valence-corrected chi connectivity index (χ4v) is 5.20. The zero-order chi connectivity index (χ0) is 18.7. The number of carbonyl (C=O) groups excluding carboxylic acids is 1. The zero-order valence-corrected chi connectivity index (χ0v) is 16.3. The van der Waals surface area contributed by atoms with Gasteiger partial charge in [-0.1, -0.05) is 54.9 Å². The fraction of sp³-hybridized carbons (Fsp3) is 0.350. The fourth-order valence-electron chi connectivity index (χ4n) is 3.25. The smallest absolute Gasteiger partial charge is 0.255 e. The summed E-state index contributed by atoms with van der Waals surface area (Å²) >= 11 is 6.20. The lowest BCUT2D eigenvalue weighted by Crippen LogP contribution is -2.40. The minimum Gasteiger partial charge on any atom is -0.330 e. The van der Waals surface area contributed by atoms with Gasteiger partial charge in [-0.15, -0.1) is 0 Å². The Kier molecular flexibility index (Phi) is 5.68. The molecule has 0 saturated carbocycles. The molecule has 1 heterocycles. The maximum atomic E-state index is 13.1. The van der Waals surface area contributed by atoms with E-state index in [2.05, 4.69) is 6.92 Å². The van der Waals surface area contributed by atoms with E-state index in [0.717, 1.165) is 12.0 Å². The highest BCUT2D eigenvalue weighted by atomic mass is 35.5. The quantitative estimate of drug-likeness (QED) is 0.780. The molecule has 1 aliphatic rings. The van der Waals surface area contributed by atoms with Crippen LogP contribution in [0.3, 0.4) is 0 Å². The van der Waals surface area contributed by atoms with E-state index in [9.17, 15) is 13.2 Å². The van der Waals surface area contributed by atoms with Crippen LogP contribution in [-0.2, 0) is 22.8 Å². The lowest BCUT2D eigenvalue weighted by molar-refractivity contribution is 0.0681. The monoisotopic (exact) mass is 391 g/mol. The van der Waals surface area contributed by atoms with E-state index < -0.39 is 9.84 Å². The first-order chi connectivity index (χ1) is 12.4. The Bertz CT molecular complexity index is 894. The maximum Gasteiger partial charge on any atom is 0.255 e. The van der Waals surface area contributed by atoms with Crippen molar-refractivity contribution in [3.8, 4) is 0 Å². The number of hydrogen-bond donors (Lipinski definition) is 0. The van der Waals surface area contributed by atoms with Gasteiger partial charge in [0, 0.05) is 12.6 Å². The highest BCUT2D eigenvalue weighted by Crippen LogP contribution is 2.25. The number of carbonyl (C=O) groups is 1. The molecule has 0 N–H and O–H groups in total. The normalized spacial score (nSPS) is 18.6. The molecule has 1 unspecified atom stereocenters. The summed E-state index contributed by atoms with van der Waals surface area (Å²) in [5.41, 5.74) is 2.61. The summed E-state index contributed by atoms with van der Waals surface area (Å²) in [5.74, 6) is -0.0908. The number of aryl methyl sites for hydroxylation is 1. The summed E-state index contributed by atoms with van der Waals surface area (Å²) < 4.78 is 23.9. The Morgan fingerprint density at radius 1 is 1.12 bits per heavy atom. The third kappa shape index (κ3) is 4.27. The van der Waals surface area contributed by atoms with Crippen LogP contribution in [0, 0.1) is 0 Å². The van der Waals surface area contributed by atoms with Gasteiger partial charge in [0.05, 0.1) is 22.1 Å². The van der Waals surface area contributed by atoms with Gasteiger partial charge in [0.2, 0.25) is 0 Å². The molecule has 0 aromatic heterocycles. The van der Waals surface area contributed by atoms with Crippen LogP contribution in [0.4, 0.5) is 0 Å². The third-order valence-electron chi connectivity index (χ3n) is 4.80. The summed E-state index contributed by atoms with van der Waals surface area (Å²) in [4.78, 5) is 14.8. The van der Waals surface area contributed by atoms with Crippen LogP contribution in [0.15, 0.2) is 48.5 Å². The van der Waals surface area contributed by atoms with Gasteiger partial charge in [0.1, 0.15) is 0 Å². The van der Waals surface area contributed by atoms with E-state index in [0.29, 0.717) is 23.6 Å². The molecule has 1 fully saturated rings. The van der Waals surface area contributed by atoms with E-state index in [1.165, 1.54) is 5.56 Å². The van der Waals surface area contributed by atoms with Gasteiger partial charge in [-0.25, -0.2) is 8.42 Å². The van der Waals surface area contributed by atoms with Crippen LogP contribution in [0.1, 0.15) is 34.8 Å². The van der Waals surface area contributed by atoms with Gasteiger partial charge < -0.3 is 4.90 Å². The molecule has 2 aromatic rings. The summed E-state index contributed by atoms with van der Waals surface area (Å²) in [6.07, 6.45) is 1.41. The van der Waals surface area contributed by atoms with Gasteiger partial charge in [-0.2, -0.15) is 0 Å². The molecule has 0 aliphatic carbocycles. The molecule has 2 aromatic carbocycles. The van der Waals surface area contributed by atoms with Gasteiger partial charge in [0.15, 0.2) is 9.84 Å². The van der Waals surface area contributed by atoms with Gasteiger partial charge in [-0.05, 0) is 36.1 Å². The molecular formula is C20H22ClNO3S. The van der Waals surface area contributed by atoms with Crippen LogP contribution in [0.25, 0.3) is 0 Å². The highest BCUT2D eigenvalue weighted by Gasteiger charge is 2.35. The number of halogens is 1. The van der Waals surface area contributed by atoms with Crippen LogP contribution in [0.5, 0.6) is 0 Å². The molecule has 0 radical (unpaired) electrons. The largest absolute Gasteiger partial charge is 0.330 e. The van der Waals surface area contributed by atoms with Crippen LogP contribution in [-0.4, -0.2) is 36.8 Å². The molecule has 1 aliphatic heterocycles. The van der Waals surface area contributed by atoms with Crippen molar-refractivity contribution in [2.24, 2.45) is 0 Å². The van der Waals surface area contributed by atoms with Crippen molar-refractivity contribution in [2.75, 3.05) is 11.5 Å². The number of rotatable bonds is 5. The van der Waals surface area contributed by atoms with E-state index >= 15 is 0 Å². The molecule has 1 saturated heterocycles. The van der Waals surface area contributed by atoms with Crippen molar-refractivity contribution < 1.29 is 13.2 Å². The molecule has 1 atom stereocenters. The second-order valence-electron chi connectivity index (χ2n) is 6.64. The zero-order valence-electron chi connectivity index (χ0n) is 14.7. The first-order valence-electron chi connectivity index (χ1n) is 8.73. The number of hydrogen-bond acceptors (Lipinski definition) is 3. The number of nitrogens with zero attached hydrogens (tertiary/aromatic N) is 1. The highest BCUT2D eigenvalue weighted by molar-refractivity contribution is 7.91. The minimum atomic E-state index is -3.10. The van der Waals surface area contributed by atoms with Crippen molar-refractivity contribution in [2.45, 2.75) is 32.4 Å². The van der Waals surface area contributed by atoms with E-state index in [-0.39, 0.29) is 23.5 Å². The lowest BCUT2D eigenvalue weighted by atomic mass is 10.1. The Hall–Kier alpha value is -1.85. The summed E-state index contributed by atoms with van der Waals surface area (Å²) in [7, 11) is -3.10. The average molecular weight is 392 g/mol. The molecule has 6 heteroatoms. The number of sulfone groups is 1. The van der Waals surface area contributed by atoms with Crippen molar-refractivity contribution in [3.05, 3.63) is 70.2 Å². The van der Waals surface area contributed by atoms with Crippen molar-refractivity contribution >= 4 is 27.3 Å².